The van der Waals surface area contributed by atoms with Crippen LogP contribution in [0.25, 0.3) is 0 Å². The van der Waals surface area contributed by atoms with Crippen molar-refractivity contribution in [3.8, 4) is 11.5 Å². The van der Waals surface area contributed by atoms with E-state index >= 15 is 0 Å². The van der Waals surface area contributed by atoms with Gasteiger partial charge in [0.15, 0.2) is 17.6 Å². The van der Waals surface area contributed by atoms with Crippen molar-refractivity contribution in [3.63, 3.8) is 0 Å². The van der Waals surface area contributed by atoms with E-state index in [1.54, 1.807) is 12.1 Å². The third kappa shape index (κ3) is 2.72. The highest BCUT2D eigenvalue weighted by Crippen LogP contribution is 2.35. The molecule has 0 heterocycles. The molecular weight excluding hydrogens is 240 g/mol. The van der Waals surface area contributed by atoms with Gasteiger partial charge in [0.1, 0.15) is 6.10 Å². The van der Waals surface area contributed by atoms with E-state index in [0.717, 1.165) is 7.11 Å². The van der Waals surface area contributed by atoms with Gasteiger partial charge in [-0.25, -0.2) is 4.79 Å². The molecule has 6 heteroatoms. The van der Waals surface area contributed by atoms with Crippen LogP contribution in [0.1, 0.15) is 11.7 Å². The van der Waals surface area contributed by atoms with Crippen LogP contribution in [-0.4, -0.2) is 43.6 Å². The Labute approximate surface area is 105 Å². The minimum absolute atomic E-state index is 0.245. The highest BCUT2D eigenvalue weighted by molar-refractivity contribution is 5.75. The van der Waals surface area contributed by atoms with E-state index in [-0.39, 0.29) is 11.3 Å². The summed E-state index contributed by atoms with van der Waals surface area (Å²) in [5.74, 6) is -0.269. The van der Waals surface area contributed by atoms with E-state index in [0.29, 0.717) is 5.75 Å². The molecule has 0 fully saturated rings. The second-order valence-corrected chi connectivity index (χ2v) is 3.50. The second kappa shape index (κ2) is 6.23. The molecule has 0 spiro atoms. The monoisotopic (exact) mass is 256 g/mol. The van der Waals surface area contributed by atoms with E-state index in [1.807, 2.05) is 0 Å². The molecule has 0 amide bonds. The number of carbonyl (C=O) groups is 1. The zero-order valence-electron chi connectivity index (χ0n) is 10.4. The van der Waals surface area contributed by atoms with Crippen LogP contribution in [0, 0.1) is 0 Å². The van der Waals surface area contributed by atoms with Crippen molar-refractivity contribution >= 4 is 5.97 Å². The summed E-state index contributed by atoms with van der Waals surface area (Å²) in [5, 5.41) is 19.5. The summed E-state index contributed by atoms with van der Waals surface area (Å²) in [5.41, 5.74) is 0.245. The quantitative estimate of drug-likeness (QED) is 0.736. The van der Waals surface area contributed by atoms with Crippen LogP contribution in [-0.2, 0) is 9.53 Å². The molecule has 0 radical (unpaired) electrons. The lowest BCUT2D eigenvalue weighted by atomic mass is 10.0. The SMILES string of the molecule is COC(=O)C(O)C(O)c1cccc(OC)c1OC. The van der Waals surface area contributed by atoms with Crippen LogP contribution in [0.4, 0.5) is 0 Å². The predicted molar refractivity (Wildman–Crippen MR) is 62.5 cm³/mol. The standard InChI is InChI=1S/C12H16O6/c1-16-8-6-4-5-7(11(8)17-2)9(13)10(14)12(15)18-3/h4-6,9-10,13-14H,1-3H3. The Morgan fingerprint density at radius 3 is 2.33 bits per heavy atom. The molecule has 0 aliphatic heterocycles. The summed E-state index contributed by atoms with van der Waals surface area (Å²) in [6.07, 6.45) is -3.14. The Bertz CT molecular complexity index is 417. The first-order valence-corrected chi connectivity index (χ1v) is 5.21. The second-order valence-electron chi connectivity index (χ2n) is 3.50. The van der Waals surface area contributed by atoms with Crippen molar-refractivity contribution in [2.75, 3.05) is 21.3 Å². The van der Waals surface area contributed by atoms with Crippen molar-refractivity contribution in [1.82, 2.24) is 0 Å². The van der Waals surface area contributed by atoms with Crippen molar-refractivity contribution in [3.05, 3.63) is 23.8 Å². The van der Waals surface area contributed by atoms with Gasteiger partial charge in [-0.2, -0.15) is 0 Å². The van der Waals surface area contributed by atoms with Gasteiger partial charge in [0.25, 0.3) is 0 Å². The third-order valence-electron chi connectivity index (χ3n) is 2.49. The molecule has 100 valence electrons. The average molecular weight is 256 g/mol. The highest BCUT2D eigenvalue weighted by Gasteiger charge is 2.29. The van der Waals surface area contributed by atoms with E-state index in [1.165, 1.54) is 20.3 Å². The van der Waals surface area contributed by atoms with Gasteiger partial charge in [-0.1, -0.05) is 12.1 Å². The molecule has 0 aromatic heterocycles. The summed E-state index contributed by atoms with van der Waals surface area (Å²) >= 11 is 0. The first-order valence-electron chi connectivity index (χ1n) is 5.21. The zero-order chi connectivity index (χ0) is 13.7. The summed E-state index contributed by atoms with van der Waals surface area (Å²) in [6.45, 7) is 0. The van der Waals surface area contributed by atoms with Crippen LogP contribution in [0.5, 0.6) is 11.5 Å². The van der Waals surface area contributed by atoms with Gasteiger partial charge in [0.05, 0.1) is 21.3 Å². The molecule has 18 heavy (non-hydrogen) atoms. The summed E-state index contributed by atoms with van der Waals surface area (Å²) < 4.78 is 14.5. The van der Waals surface area contributed by atoms with Gasteiger partial charge in [-0.3, -0.25) is 0 Å². The Balaban J connectivity index is 3.12. The molecule has 0 aliphatic carbocycles. The largest absolute Gasteiger partial charge is 0.493 e. The third-order valence-corrected chi connectivity index (χ3v) is 2.49. The molecule has 0 saturated heterocycles. The maximum absolute atomic E-state index is 11.2. The fraction of sp³-hybridized carbons (Fsp3) is 0.417. The van der Waals surface area contributed by atoms with Gasteiger partial charge < -0.3 is 24.4 Å². The Morgan fingerprint density at radius 2 is 1.83 bits per heavy atom. The lowest BCUT2D eigenvalue weighted by molar-refractivity contribution is -0.156. The number of benzene rings is 1. The maximum Gasteiger partial charge on any atom is 0.337 e. The summed E-state index contributed by atoms with van der Waals surface area (Å²) in [4.78, 5) is 11.2. The fourth-order valence-corrected chi connectivity index (χ4v) is 1.56. The minimum atomic E-state index is -1.68. The average Bonchev–Trinajstić information content (AvgIpc) is 2.43. The summed E-state index contributed by atoms with van der Waals surface area (Å²) in [7, 11) is 3.98. The molecular formula is C12H16O6. The van der Waals surface area contributed by atoms with E-state index < -0.39 is 18.2 Å². The van der Waals surface area contributed by atoms with E-state index in [9.17, 15) is 15.0 Å². The topological polar surface area (TPSA) is 85.2 Å². The molecule has 1 aromatic rings. The number of rotatable bonds is 5. The number of ether oxygens (including phenoxy) is 3. The lowest BCUT2D eigenvalue weighted by Crippen LogP contribution is -2.29. The van der Waals surface area contributed by atoms with E-state index in [4.69, 9.17) is 9.47 Å². The number of hydrogen-bond donors (Lipinski definition) is 2. The molecule has 2 atom stereocenters. The number of aliphatic hydroxyl groups is 2. The number of esters is 1. The Hall–Kier alpha value is -1.79. The number of carbonyl (C=O) groups excluding carboxylic acids is 1. The number of hydrogen-bond acceptors (Lipinski definition) is 6. The first-order chi connectivity index (χ1) is 8.56. The van der Waals surface area contributed by atoms with Crippen molar-refractivity contribution in [2.24, 2.45) is 0 Å². The van der Waals surface area contributed by atoms with E-state index in [2.05, 4.69) is 4.74 Å². The van der Waals surface area contributed by atoms with Crippen molar-refractivity contribution in [1.29, 1.82) is 0 Å². The van der Waals surface area contributed by atoms with Crippen molar-refractivity contribution < 1.29 is 29.2 Å². The molecule has 0 bridgehead atoms. The Morgan fingerprint density at radius 1 is 1.17 bits per heavy atom. The summed E-state index contributed by atoms with van der Waals surface area (Å²) in [6, 6.07) is 4.78. The molecule has 2 unspecified atom stereocenters. The zero-order valence-corrected chi connectivity index (χ0v) is 10.4. The lowest BCUT2D eigenvalue weighted by Gasteiger charge is -2.19. The van der Waals surface area contributed by atoms with Gasteiger partial charge in [0, 0.05) is 5.56 Å². The number of methoxy groups -OCH3 is 3. The molecule has 1 aromatic carbocycles. The van der Waals surface area contributed by atoms with Crippen molar-refractivity contribution in [2.45, 2.75) is 12.2 Å². The smallest absolute Gasteiger partial charge is 0.337 e. The Kier molecular flexibility index (Phi) is 4.94. The molecule has 1 rings (SSSR count). The molecule has 0 saturated carbocycles. The minimum Gasteiger partial charge on any atom is -0.493 e. The van der Waals surface area contributed by atoms with Crippen LogP contribution < -0.4 is 9.47 Å². The van der Waals surface area contributed by atoms with Gasteiger partial charge in [-0.15, -0.1) is 0 Å². The van der Waals surface area contributed by atoms with Gasteiger partial charge >= 0.3 is 5.97 Å². The van der Waals surface area contributed by atoms with Gasteiger partial charge in [-0.05, 0) is 6.07 Å². The number of aliphatic hydroxyl groups excluding tert-OH is 2. The fourth-order valence-electron chi connectivity index (χ4n) is 1.56. The normalized spacial score (nSPS) is 13.6. The van der Waals surface area contributed by atoms with Crippen LogP contribution in [0.3, 0.4) is 0 Å². The molecule has 0 aliphatic rings. The van der Waals surface area contributed by atoms with Crippen LogP contribution in [0.2, 0.25) is 0 Å². The highest BCUT2D eigenvalue weighted by atomic mass is 16.5. The van der Waals surface area contributed by atoms with Gasteiger partial charge in [0.2, 0.25) is 0 Å². The number of para-hydroxylation sites is 1. The predicted octanol–water partition coefficient (Wildman–Crippen LogP) is 0.271. The first kappa shape index (κ1) is 14.3. The van der Waals surface area contributed by atoms with Crippen LogP contribution >= 0.6 is 0 Å². The maximum atomic E-state index is 11.2. The van der Waals surface area contributed by atoms with Crippen LogP contribution in [0.15, 0.2) is 18.2 Å². The molecule has 6 nitrogen and oxygen atoms in total. The molecule has 2 N–H and O–H groups in total.